The molecule has 0 atom stereocenters. The number of unbranched alkanes of at least 4 members (excludes halogenated alkanes) is 25. The third kappa shape index (κ3) is 107. The maximum atomic E-state index is 11.8. The third-order valence-corrected chi connectivity index (χ3v) is 13.4. The molecule has 0 saturated carbocycles. The van der Waals surface area contributed by atoms with E-state index in [4.69, 9.17) is 61.9 Å². The second-order valence-corrected chi connectivity index (χ2v) is 26.4. The van der Waals surface area contributed by atoms with Gasteiger partial charge in [-0.15, -0.1) is 0 Å². The summed E-state index contributed by atoms with van der Waals surface area (Å²) >= 11 is 0. The Bertz CT molecular complexity index is 1920. The quantitative estimate of drug-likeness (QED) is 0.00557. The van der Waals surface area contributed by atoms with E-state index < -0.39 is 34.1 Å². The van der Waals surface area contributed by atoms with Crippen LogP contribution in [0.2, 0.25) is 0 Å². The van der Waals surface area contributed by atoms with Crippen LogP contribution in [-0.4, -0.2) is 156 Å². The number of nitrogens with zero attached hydrogens (tertiary/aromatic N) is 6. The zero-order valence-corrected chi connectivity index (χ0v) is 63.9. The number of alkyl halides is 1. The normalized spacial score (nSPS) is 10.6. The van der Waals surface area contributed by atoms with E-state index in [2.05, 4.69) is 38.2 Å². The van der Waals surface area contributed by atoms with E-state index in [0.29, 0.717) is 32.8 Å². The smallest absolute Gasteiger partial charge is 0.444 e. The average molecular weight is 1380 g/mol. The first kappa shape index (κ1) is 104. The number of halogens is 1. The molecule has 0 saturated heterocycles. The number of aliphatic hydroxyl groups is 5. The van der Waals surface area contributed by atoms with E-state index in [1.165, 1.54) is 62.7 Å². The maximum absolute atomic E-state index is 11.8. The van der Waals surface area contributed by atoms with E-state index >= 15 is 0 Å². The van der Waals surface area contributed by atoms with Crippen LogP contribution in [0, 0.1) is 6.92 Å². The minimum atomic E-state index is -3.61. The van der Waals surface area contributed by atoms with Crippen molar-refractivity contribution in [1.82, 2.24) is 21.3 Å². The summed E-state index contributed by atoms with van der Waals surface area (Å²) in [6, 6.07) is 6.63. The van der Waals surface area contributed by atoms with Crippen molar-refractivity contribution in [3.63, 3.8) is 0 Å². The Balaban J connectivity index is -0.000000158. The predicted octanol–water partition coefficient (Wildman–Crippen LogP) is 13.3. The summed E-state index contributed by atoms with van der Waals surface area (Å²) in [5, 5.41) is 57.2. The van der Waals surface area contributed by atoms with Gasteiger partial charge >= 0.3 is 47.8 Å². The van der Waals surface area contributed by atoms with Crippen LogP contribution in [0.1, 0.15) is 275 Å². The molecule has 0 aliphatic heterocycles. The van der Waals surface area contributed by atoms with Gasteiger partial charge in [0.2, 0.25) is 0 Å². The van der Waals surface area contributed by atoms with Gasteiger partial charge in [0.1, 0.15) is 16.8 Å². The molecular formula is C67H136FN10NaO14S. The first-order valence-electron chi connectivity index (χ1n) is 34.7. The molecule has 1 aromatic carbocycles. The molecule has 1 rings (SSSR count). The molecule has 24 nitrogen and oxygen atoms in total. The van der Waals surface area contributed by atoms with Crippen molar-refractivity contribution < 1.29 is 102 Å². The van der Waals surface area contributed by atoms with Crippen LogP contribution in [0.15, 0.2) is 34.3 Å². The Morgan fingerprint density at radius 1 is 0.500 bits per heavy atom. The van der Waals surface area contributed by atoms with Gasteiger partial charge in [-0.25, -0.2) is 14.4 Å². The Hall–Kier alpha value is -3.75. The number of hydrogen-bond acceptors (Lipinski definition) is 16. The minimum Gasteiger partial charge on any atom is -0.444 e. The van der Waals surface area contributed by atoms with E-state index in [1.54, 1.807) is 24.3 Å². The molecular weight excluding hydrogens is 1240 g/mol. The van der Waals surface area contributed by atoms with Crippen molar-refractivity contribution in [1.29, 1.82) is 0 Å². The zero-order valence-electron chi connectivity index (χ0n) is 62.1. The van der Waals surface area contributed by atoms with Gasteiger partial charge in [-0.3, -0.25) is 13.5 Å². The van der Waals surface area contributed by atoms with Gasteiger partial charge in [0.05, 0.1) is 20.0 Å². The van der Waals surface area contributed by atoms with Gasteiger partial charge in [-0.1, -0.05) is 158 Å². The van der Waals surface area contributed by atoms with Crippen LogP contribution in [0.5, 0.6) is 0 Å². The van der Waals surface area contributed by atoms with Crippen LogP contribution in [0.3, 0.4) is 0 Å². The second-order valence-electron chi connectivity index (χ2n) is 24.7. The fourth-order valence-electron chi connectivity index (χ4n) is 7.45. The number of azide groups is 1. The van der Waals surface area contributed by atoms with Gasteiger partial charge in [-0.2, -0.15) is 8.42 Å². The molecule has 0 radical (unpaired) electrons. The van der Waals surface area contributed by atoms with Gasteiger partial charge in [0, 0.05) is 64.1 Å². The summed E-state index contributed by atoms with van der Waals surface area (Å²) in [5.74, 6) is 0. The van der Waals surface area contributed by atoms with Crippen LogP contribution in [0.25, 0.3) is 26.4 Å². The summed E-state index contributed by atoms with van der Waals surface area (Å²) < 4.78 is 59.5. The number of rotatable bonds is 44. The van der Waals surface area contributed by atoms with Crippen molar-refractivity contribution >= 4 is 28.4 Å². The molecule has 0 aliphatic carbocycles. The number of benzene rings is 1. The average Bonchev–Trinajstić information content (AvgIpc) is 1.19. The molecule has 0 aliphatic rings. The van der Waals surface area contributed by atoms with Crippen LogP contribution < -0.4 is 50.8 Å². The van der Waals surface area contributed by atoms with Crippen molar-refractivity contribution in [2.75, 3.05) is 86.6 Å². The Kier molecular flexibility index (Phi) is 90.1. The number of aryl methyl sites for hydroxylation is 1. The Morgan fingerprint density at radius 2 is 0.766 bits per heavy atom. The molecule has 1 aromatic rings. The van der Waals surface area contributed by atoms with E-state index in [0.717, 1.165) is 160 Å². The number of alkyl carbamates (subject to hydrolysis) is 3. The molecule has 552 valence electrons. The monoisotopic (exact) mass is 1380 g/mol. The Labute approximate surface area is 593 Å². The Morgan fingerprint density at radius 3 is 1.04 bits per heavy atom. The second kappa shape index (κ2) is 81.7. The predicted molar refractivity (Wildman–Crippen MR) is 376 cm³/mol. The molecule has 27 heteroatoms. The number of hydrogen-bond donors (Lipinski definition) is 9. The molecule has 9 N–H and O–H groups in total. The summed E-state index contributed by atoms with van der Waals surface area (Å²) in [6.07, 6.45) is 32.2. The number of carbonyl (C=O) groups excluding carboxylic acids is 3. The van der Waals surface area contributed by atoms with Crippen LogP contribution in [0.4, 0.5) is 18.8 Å². The van der Waals surface area contributed by atoms with E-state index in [-0.39, 0.29) is 79.2 Å². The fraction of sp³-hybridized carbons (Fsp3) is 0.866. The molecule has 0 spiro atoms. The first-order valence-corrected chi connectivity index (χ1v) is 35.4. The summed E-state index contributed by atoms with van der Waals surface area (Å²) in [5.41, 5.74) is 21.2. The van der Waals surface area contributed by atoms with Crippen molar-refractivity contribution in [2.24, 2.45) is 5.11 Å². The third-order valence-electron chi connectivity index (χ3n) is 12.1. The SMILES string of the molecule is CC(C)(C)OC(=O)NCCCCCCCO.CCCCCCCCNC(=O)OC(C)(C)C.CNCCCCCCCNC(=O)OC(C)(C)C.Cc1ccc(S(=O)(=O)OCCCCCCCO)cc1.OCCCCCCCO.[2H]CF.[N-]=[N+]=NCCCCCCCO.[N-]=[N+]=[N-].[Na+]. The summed E-state index contributed by atoms with van der Waals surface area (Å²) in [4.78, 5) is 38.1. The van der Waals surface area contributed by atoms with Crippen LogP contribution in [-0.2, 0) is 28.5 Å². The standard InChI is InChI=1S/C14H22O4S.C13H28N2O2.C13H27NO2.C12H25NO3.C7H15N3O.C7H16O2.CH3F.N3.Na/c1-13-7-9-14(10-8-13)19(16,17)18-12-6-4-2-3-5-11-15;1-13(2,3)17-12(16)15-11-9-7-5-6-8-10-14-4;1-5-6-7-8-9-10-11-14-12(15)16-13(2,3)4;1-12(2,3)16-11(15)13-9-7-5-4-6-8-10-14;8-10-9-6-4-2-1-3-5-7-11;8-6-4-2-1-3-5-7-9;1-2;1-3-2;/h7-10,15H,2-6,11-12H2,1H3;14H,5-11H2,1-4H3,(H,15,16);5-11H2,1-4H3,(H,14,15);14H,4-10H2,1-3H3,(H,13,15);11H,1-7H2;8-9H,1-7H2;1H3;;/q;;;;;;;-1;+1/i;;;;;;1D;;. The van der Waals surface area contributed by atoms with E-state index in [9.17, 15) is 27.2 Å². The number of aliphatic hydroxyl groups excluding tert-OH is 5. The minimum absolute atomic E-state index is 0. The number of ether oxygens (including phenoxy) is 3. The first-order chi connectivity index (χ1) is 44.6. The topological polar surface area (TPSA) is 379 Å². The molecule has 0 aromatic heterocycles. The van der Waals surface area contributed by atoms with Gasteiger partial charge in [0.25, 0.3) is 10.1 Å². The van der Waals surface area contributed by atoms with E-state index in [1.807, 2.05) is 76.3 Å². The number of nitrogens with one attached hydrogen (secondary N) is 4. The van der Waals surface area contributed by atoms with Crippen molar-refractivity contribution in [3.05, 3.63) is 56.2 Å². The molecule has 0 unspecified atom stereocenters. The van der Waals surface area contributed by atoms with Crippen molar-refractivity contribution in [3.8, 4) is 0 Å². The van der Waals surface area contributed by atoms with Crippen LogP contribution >= 0.6 is 0 Å². The zero-order chi connectivity index (χ0) is 72.9. The number of amides is 3. The largest absolute Gasteiger partial charge is 1.00 e. The van der Waals surface area contributed by atoms with Crippen molar-refractivity contribution in [2.45, 2.75) is 297 Å². The molecule has 94 heavy (non-hydrogen) atoms. The fourth-order valence-corrected chi connectivity index (χ4v) is 8.40. The van der Waals surface area contributed by atoms with Gasteiger partial charge < -0.3 is 72.1 Å². The van der Waals surface area contributed by atoms with Gasteiger partial charge in [0.15, 0.2) is 0 Å². The summed E-state index contributed by atoms with van der Waals surface area (Å²) in [7, 11) is -2.64. The molecule has 0 heterocycles. The molecule has 0 bridgehead atoms. The van der Waals surface area contributed by atoms with Gasteiger partial charge in [-0.05, 0) is 171 Å². The number of carbonyl (C=O) groups is 3. The summed E-state index contributed by atoms with van der Waals surface area (Å²) in [6.45, 7) is 26.3. The molecule has 0 fully saturated rings. The maximum Gasteiger partial charge on any atom is 1.00 e. The molecule has 3 amide bonds.